The molecule has 4 nitrogen and oxygen atoms in total. The normalized spacial score (nSPS) is 13.5. The van der Waals surface area contributed by atoms with E-state index in [9.17, 15) is 4.79 Å². The number of carboxylic acids is 1. The lowest BCUT2D eigenvalue weighted by molar-refractivity contribution is -0.131. The van der Waals surface area contributed by atoms with Crippen molar-refractivity contribution in [3.05, 3.63) is 25.1 Å². The van der Waals surface area contributed by atoms with E-state index in [2.05, 4.69) is 42.8 Å². The van der Waals surface area contributed by atoms with E-state index >= 15 is 0 Å². The molecule has 1 heterocycles. The molecule has 0 bridgehead atoms. The second-order valence-electron chi connectivity index (χ2n) is 3.40. The van der Waals surface area contributed by atoms with Crippen molar-refractivity contribution < 1.29 is 9.90 Å². The first-order valence-corrected chi connectivity index (χ1v) is 5.08. The van der Waals surface area contributed by atoms with Gasteiger partial charge in [-0.15, -0.1) is 0 Å². The van der Waals surface area contributed by atoms with Gasteiger partial charge in [-0.2, -0.15) is 0 Å². The fraction of sp³-hybridized carbons (Fsp3) is 0.545. The first-order chi connectivity index (χ1) is 7.10. The minimum atomic E-state index is -0.981. The fourth-order valence-electron chi connectivity index (χ4n) is 1.10. The number of hydrogen-bond donors (Lipinski definition) is 1. The highest BCUT2D eigenvalue weighted by molar-refractivity contribution is 5.78. The van der Waals surface area contributed by atoms with Gasteiger partial charge in [0.15, 0.2) is 0 Å². The van der Waals surface area contributed by atoms with Crippen LogP contribution in [-0.2, 0) is 4.79 Å². The number of nitrogens with zero attached hydrogens (tertiary/aromatic N) is 2. The van der Waals surface area contributed by atoms with Gasteiger partial charge in [0.2, 0.25) is 0 Å². The van der Waals surface area contributed by atoms with Crippen molar-refractivity contribution in [3.8, 4) is 0 Å². The SMILES string of the molecule is C=CC(=O)O.CCCCN1C=CN(C)C1. The van der Waals surface area contributed by atoms with Crippen molar-refractivity contribution in [1.82, 2.24) is 9.80 Å². The van der Waals surface area contributed by atoms with Crippen molar-refractivity contribution >= 4 is 5.97 Å². The first kappa shape index (κ1) is 13.5. The molecule has 0 unspecified atom stereocenters. The zero-order chi connectivity index (χ0) is 11.7. The molecule has 0 atom stereocenters. The van der Waals surface area contributed by atoms with Crippen molar-refractivity contribution in [3.63, 3.8) is 0 Å². The Bertz CT molecular complexity index is 227. The van der Waals surface area contributed by atoms with Crippen LogP contribution in [0.1, 0.15) is 19.8 Å². The van der Waals surface area contributed by atoms with Gasteiger partial charge in [-0.05, 0) is 6.42 Å². The summed E-state index contributed by atoms with van der Waals surface area (Å²) < 4.78 is 0. The van der Waals surface area contributed by atoms with Crippen LogP contribution in [0.3, 0.4) is 0 Å². The summed E-state index contributed by atoms with van der Waals surface area (Å²) in [5, 5.41) is 7.60. The quantitative estimate of drug-likeness (QED) is 0.721. The van der Waals surface area contributed by atoms with Crippen LogP contribution >= 0.6 is 0 Å². The Hall–Kier alpha value is -1.45. The molecule has 86 valence electrons. The van der Waals surface area contributed by atoms with Gasteiger partial charge in [0.05, 0.1) is 6.67 Å². The van der Waals surface area contributed by atoms with Crippen molar-refractivity contribution in [2.24, 2.45) is 0 Å². The van der Waals surface area contributed by atoms with Gasteiger partial charge in [-0.3, -0.25) is 0 Å². The molecule has 0 aromatic heterocycles. The molecule has 0 saturated heterocycles. The fourth-order valence-corrected chi connectivity index (χ4v) is 1.10. The molecule has 1 rings (SSSR count). The Morgan fingerprint density at radius 2 is 2.20 bits per heavy atom. The third-order valence-electron chi connectivity index (χ3n) is 1.91. The number of carboxylic acid groups (broad SMARTS) is 1. The van der Waals surface area contributed by atoms with Gasteiger partial charge >= 0.3 is 5.97 Å². The highest BCUT2D eigenvalue weighted by atomic mass is 16.4. The third kappa shape index (κ3) is 7.61. The Labute approximate surface area is 91.5 Å². The Morgan fingerprint density at radius 1 is 1.60 bits per heavy atom. The highest BCUT2D eigenvalue weighted by Crippen LogP contribution is 2.04. The molecular formula is C11H20N2O2. The highest BCUT2D eigenvalue weighted by Gasteiger charge is 2.05. The summed E-state index contributed by atoms with van der Waals surface area (Å²) in [5.74, 6) is -0.981. The lowest BCUT2D eigenvalue weighted by Gasteiger charge is -2.17. The summed E-state index contributed by atoms with van der Waals surface area (Å²) in [5.41, 5.74) is 0. The number of rotatable bonds is 4. The third-order valence-corrected chi connectivity index (χ3v) is 1.91. The van der Waals surface area contributed by atoms with Crippen molar-refractivity contribution in [2.45, 2.75) is 19.8 Å². The van der Waals surface area contributed by atoms with Gasteiger partial charge < -0.3 is 14.9 Å². The molecule has 0 saturated carbocycles. The van der Waals surface area contributed by atoms with E-state index in [0.717, 1.165) is 12.7 Å². The molecule has 1 N–H and O–H groups in total. The molecule has 0 amide bonds. The number of carbonyl (C=O) groups is 1. The lowest BCUT2D eigenvalue weighted by Crippen LogP contribution is -2.23. The van der Waals surface area contributed by atoms with Crippen molar-refractivity contribution in [2.75, 3.05) is 20.3 Å². The molecule has 4 heteroatoms. The zero-order valence-corrected chi connectivity index (χ0v) is 9.52. The molecule has 1 aliphatic heterocycles. The first-order valence-electron chi connectivity index (χ1n) is 5.08. The summed E-state index contributed by atoms with van der Waals surface area (Å²) in [4.78, 5) is 13.8. The van der Waals surface area contributed by atoms with Crippen LogP contribution in [-0.4, -0.2) is 41.1 Å². The van der Waals surface area contributed by atoms with Gasteiger partial charge in [-0.25, -0.2) is 4.79 Å². The predicted molar refractivity (Wildman–Crippen MR) is 61.2 cm³/mol. The van der Waals surface area contributed by atoms with E-state index in [1.165, 1.54) is 19.4 Å². The topological polar surface area (TPSA) is 43.8 Å². The Morgan fingerprint density at radius 3 is 2.53 bits per heavy atom. The van der Waals surface area contributed by atoms with Gasteiger partial charge in [0.1, 0.15) is 0 Å². The van der Waals surface area contributed by atoms with Crippen LogP contribution in [0.25, 0.3) is 0 Å². The maximum absolute atomic E-state index is 9.25. The number of aliphatic carboxylic acids is 1. The molecule has 0 fully saturated rings. The Balaban J connectivity index is 0.000000336. The minimum absolute atomic E-state index is 0.833. The monoisotopic (exact) mass is 212 g/mol. The molecule has 15 heavy (non-hydrogen) atoms. The molecule has 0 aromatic carbocycles. The van der Waals surface area contributed by atoms with Crippen LogP contribution < -0.4 is 0 Å². The van der Waals surface area contributed by atoms with Crippen LogP contribution in [0, 0.1) is 0 Å². The van der Waals surface area contributed by atoms with Crippen LogP contribution in [0.2, 0.25) is 0 Å². The summed E-state index contributed by atoms with van der Waals surface area (Å²) >= 11 is 0. The molecule has 0 spiro atoms. The van der Waals surface area contributed by atoms with Crippen molar-refractivity contribution in [1.29, 1.82) is 0 Å². The number of unbranched alkanes of at least 4 members (excludes halogenated alkanes) is 1. The minimum Gasteiger partial charge on any atom is -0.478 e. The lowest BCUT2D eigenvalue weighted by atomic mass is 10.3. The molecule has 0 aliphatic carbocycles. The van der Waals surface area contributed by atoms with Crippen LogP contribution in [0.5, 0.6) is 0 Å². The van der Waals surface area contributed by atoms with Gasteiger partial charge in [0, 0.05) is 32.1 Å². The zero-order valence-electron chi connectivity index (χ0n) is 9.52. The predicted octanol–water partition coefficient (Wildman–Crippen LogP) is 1.72. The maximum atomic E-state index is 9.25. The second kappa shape index (κ2) is 7.91. The van der Waals surface area contributed by atoms with E-state index in [1.54, 1.807) is 0 Å². The van der Waals surface area contributed by atoms with Crippen LogP contribution in [0.4, 0.5) is 0 Å². The Kier molecular flexibility index (Phi) is 7.14. The average molecular weight is 212 g/mol. The molecular weight excluding hydrogens is 192 g/mol. The van der Waals surface area contributed by atoms with Crippen LogP contribution in [0.15, 0.2) is 25.1 Å². The molecule has 1 aliphatic rings. The van der Waals surface area contributed by atoms with E-state index in [1.807, 2.05) is 0 Å². The average Bonchev–Trinajstić information content (AvgIpc) is 2.62. The summed E-state index contributed by atoms with van der Waals surface area (Å²) in [6.45, 7) is 7.46. The maximum Gasteiger partial charge on any atom is 0.327 e. The second-order valence-corrected chi connectivity index (χ2v) is 3.40. The summed E-state index contributed by atoms with van der Waals surface area (Å²) in [7, 11) is 2.10. The van der Waals surface area contributed by atoms with E-state index in [0.29, 0.717) is 0 Å². The summed E-state index contributed by atoms with van der Waals surface area (Å²) in [6.07, 6.45) is 7.71. The molecule has 0 radical (unpaired) electrons. The largest absolute Gasteiger partial charge is 0.478 e. The number of hydrogen-bond acceptors (Lipinski definition) is 3. The van der Waals surface area contributed by atoms with E-state index < -0.39 is 5.97 Å². The van der Waals surface area contributed by atoms with Gasteiger partial charge in [0.25, 0.3) is 0 Å². The van der Waals surface area contributed by atoms with E-state index in [4.69, 9.17) is 5.11 Å². The van der Waals surface area contributed by atoms with Gasteiger partial charge in [-0.1, -0.05) is 19.9 Å². The van der Waals surface area contributed by atoms with E-state index in [-0.39, 0.29) is 0 Å². The smallest absolute Gasteiger partial charge is 0.327 e. The molecule has 0 aromatic rings. The summed E-state index contributed by atoms with van der Waals surface area (Å²) in [6, 6.07) is 0. The standard InChI is InChI=1S/C8H16N2.C3H4O2/c1-3-4-5-10-7-6-9(2)8-10;1-2-3(4)5/h6-7H,3-5,8H2,1-2H3;2H,1H2,(H,4,5).